The minimum atomic E-state index is -0.690. The van der Waals surface area contributed by atoms with Crippen molar-refractivity contribution in [3.05, 3.63) is 502 Å². The zero-order chi connectivity index (χ0) is 92.6. The van der Waals surface area contributed by atoms with E-state index >= 15 is 0 Å². The lowest BCUT2D eigenvalue weighted by molar-refractivity contribution is 0.589. The van der Waals surface area contributed by atoms with E-state index in [0.717, 1.165) is 68.2 Å². The number of fused-ring (bicyclic) bond motifs is 28. The quantitative estimate of drug-likeness (QED) is 0.108. The van der Waals surface area contributed by atoms with E-state index in [-0.39, 0.29) is 21.7 Å². The summed E-state index contributed by atoms with van der Waals surface area (Å²) < 4.78 is 0. The number of anilines is 12. The number of hydrogen-bond donors (Lipinski definition) is 0. The Bertz CT molecular complexity index is 8070. The Balaban J connectivity index is 0.633. The van der Waals surface area contributed by atoms with Gasteiger partial charge in [-0.2, -0.15) is 0 Å². The zero-order valence-electron chi connectivity index (χ0n) is 79.8. The van der Waals surface area contributed by atoms with Crippen LogP contribution in [0.1, 0.15) is 167 Å². The van der Waals surface area contributed by atoms with Crippen molar-refractivity contribution in [3.63, 3.8) is 0 Å². The first-order valence-electron chi connectivity index (χ1n) is 48.5. The second-order valence-corrected chi connectivity index (χ2v) is 42.4. The van der Waals surface area contributed by atoms with Crippen LogP contribution in [0, 0.1) is 6.92 Å². The van der Waals surface area contributed by atoms with Gasteiger partial charge in [-0.15, -0.1) is 0 Å². The highest BCUT2D eigenvalue weighted by molar-refractivity contribution is 6.13. The van der Waals surface area contributed by atoms with E-state index in [0.29, 0.717) is 6.42 Å². The van der Waals surface area contributed by atoms with E-state index in [1.165, 1.54) is 171 Å². The lowest BCUT2D eigenvalue weighted by atomic mass is 9.68. The van der Waals surface area contributed by atoms with Gasteiger partial charge in [-0.3, -0.25) is 0 Å². The van der Waals surface area contributed by atoms with Gasteiger partial charge in [0.05, 0.1) is 10.8 Å². The largest absolute Gasteiger partial charge is 0.310 e. The molecule has 20 aromatic carbocycles. The van der Waals surface area contributed by atoms with Crippen molar-refractivity contribution in [3.8, 4) is 44.5 Å². The van der Waals surface area contributed by atoms with E-state index in [1.807, 2.05) is 0 Å². The highest BCUT2D eigenvalue weighted by Gasteiger charge is 2.56. The van der Waals surface area contributed by atoms with Gasteiger partial charge in [0.25, 0.3) is 0 Å². The Morgan fingerprint density at radius 2 is 0.463 bits per heavy atom. The molecule has 0 saturated carbocycles. The highest BCUT2D eigenvalue weighted by Crippen LogP contribution is 2.69. The molecule has 24 rings (SSSR count). The van der Waals surface area contributed by atoms with Gasteiger partial charge in [0.2, 0.25) is 0 Å². The fourth-order valence-corrected chi connectivity index (χ4v) is 23.6. The van der Waals surface area contributed by atoms with Crippen LogP contribution in [0.4, 0.5) is 68.2 Å². The summed E-state index contributed by atoms with van der Waals surface area (Å²) in [7, 11) is 0. The smallest absolute Gasteiger partial charge is 0.0737 e. The van der Waals surface area contributed by atoms with Crippen LogP contribution in [0.15, 0.2) is 419 Å². The molecule has 136 heavy (non-hydrogen) atoms. The Kier molecular flexibility index (Phi) is 19.3. The Labute approximate surface area is 800 Å². The van der Waals surface area contributed by atoms with Gasteiger partial charge in [0.15, 0.2) is 0 Å². The van der Waals surface area contributed by atoms with Gasteiger partial charge < -0.3 is 19.6 Å². The number of para-hydroxylation sites is 7. The molecule has 2 spiro atoms. The number of rotatable bonds is 14. The van der Waals surface area contributed by atoms with Crippen molar-refractivity contribution in [2.75, 3.05) is 19.6 Å². The molecule has 0 bridgehead atoms. The first-order valence-corrected chi connectivity index (χ1v) is 48.5. The molecule has 0 atom stereocenters. The number of aryl methyl sites for hydroxylation is 1. The molecule has 0 aromatic heterocycles. The molecular formula is C132H110N4. The van der Waals surface area contributed by atoms with E-state index in [1.54, 1.807) is 0 Å². The van der Waals surface area contributed by atoms with Crippen molar-refractivity contribution in [1.29, 1.82) is 0 Å². The fraction of sp³-hybridized carbons (Fsp3) is 0.152. The van der Waals surface area contributed by atoms with Crippen molar-refractivity contribution in [1.82, 2.24) is 0 Å². The molecule has 0 N–H and O–H groups in total. The Hall–Kier alpha value is -15.4. The molecule has 0 fully saturated rings. The predicted molar refractivity (Wildman–Crippen MR) is 577 cm³/mol. The first-order chi connectivity index (χ1) is 65.9. The maximum absolute atomic E-state index is 2.55. The van der Waals surface area contributed by atoms with Crippen molar-refractivity contribution < 1.29 is 0 Å². The van der Waals surface area contributed by atoms with Crippen molar-refractivity contribution in [2.45, 2.75) is 129 Å². The summed E-state index contributed by atoms with van der Waals surface area (Å²) in [6, 6.07) is 160. The highest BCUT2D eigenvalue weighted by atomic mass is 15.2. The van der Waals surface area contributed by atoms with Gasteiger partial charge in [-0.1, -0.05) is 368 Å². The molecule has 4 nitrogen and oxygen atoms in total. The summed E-state index contributed by atoms with van der Waals surface area (Å²) in [6.45, 7) is 30.5. The van der Waals surface area contributed by atoms with Crippen molar-refractivity contribution in [2.24, 2.45) is 0 Å². The van der Waals surface area contributed by atoms with Crippen LogP contribution in [0.2, 0.25) is 0 Å². The van der Waals surface area contributed by atoms with Crippen LogP contribution in [-0.2, 0) is 38.9 Å². The third kappa shape index (κ3) is 13.2. The molecule has 20 aromatic rings. The second kappa shape index (κ2) is 31.4. The molecule has 0 unspecified atom stereocenters. The number of benzene rings is 20. The molecular weight excluding hydrogens is 1640 g/mol. The average molecular weight is 1750 g/mol. The lowest BCUT2D eigenvalue weighted by Crippen LogP contribution is -2.27. The summed E-state index contributed by atoms with van der Waals surface area (Å²) in [5.41, 5.74) is 41.7. The monoisotopic (exact) mass is 1750 g/mol. The average Bonchev–Trinajstić information content (AvgIpc) is 1.49. The molecule has 658 valence electrons. The van der Waals surface area contributed by atoms with Crippen LogP contribution in [-0.4, -0.2) is 0 Å². The van der Waals surface area contributed by atoms with Gasteiger partial charge >= 0.3 is 0 Å². The summed E-state index contributed by atoms with van der Waals surface area (Å²) in [5.74, 6) is 0. The van der Waals surface area contributed by atoms with E-state index in [9.17, 15) is 0 Å². The maximum Gasteiger partial charge on any atom is 0.0737 e. The van der Waals surface area contributed by atoms with Gasteiger partial charge in [0.1, 0.15) is 0 Å². The fourth-order valence-electron chi connectivity index (χ4n) is 23.6. The predicted octanol–water partition coefficient (Wildman–Crippen LogP) is 36.0. The summed E-state index contributed by atoms with van der Waals surface area (Å²) in [4.78, 5) is 9.79. The Morgan fingerprint density at radius 1 is 0.199 bits per heavy atom. The summed E-state index contributed by atoms with van der Waals surface area (Å²) in [5, 5.41) is 9.78. The zero-order valence-corrected chi connectivity index (χ0v) is 79.8. The molecule has 0 saturated heterocycles. The molecule has 0 radical (unpaired) electrons. The summed E-state index contributed by atoms with van der Waals surface area (Å²) >= 11 is 0. The third-order valence-electron chi connectivity index (χ3n) is 30.1. The second-order valence-electron chi connectivity index (χ2n) is 42.4. The van der Waals surface area contributed by atoms with Crippen LogP contribution in [0.3, 0.4) is 0 Å². The maximum atomic E-state index is 2.55. The van der Waals surface area contributed by atoms with Gasteiger partial charge in [0, 0.05) is 68.2 Å². The van der Waals surface area contributed by atoms with Crippen LogP contribution >= 0.6 is 0 Å². The van der Waals surface area contributed by atoms with Crippen LogP contribution in [0.5, 0.6) is 0 Å². The van der Waals surface area contributed by atoms with Gasteiger partial charge in [-0.05, 0) is 340 Å². The normalized spacial score (nSPS) is 13.5. The summed E-state index contributed by atoms with van der Waals surface area (Å²) in [6.07, 6.45) is 0.675. The topological polar surface area (TPSA) is 13.0 Å². The van der Waals surface area contributed by atoms with E-state index in [4.69, 9.17) is 0 Å². The van der Waals surface area contributed by atoms with Crippen LogP contribution in [0.25, 0.3) is 87.6 Å². The number of nitrogens with zero attached hydrogens (tertiary/aromatic N) is 4. The lowest BCUT2D eigenvalue weighted by Gasteiger charge is -2.34. The van der Waals surface area contributed by atoms with E-state index in [2.05, 4.69) is 528 Å². The van der Waals surface area contributed by atoms with E-state index < -0.39 is 10.8 Å². The molecule has 0 heterocycles. The molecule has 4 heteroatoms. The molecule has 4 aliphatic rings. The molecule has 4 aliphatic carbocycles. The minimum Gasteiger partial charge on any atom is -0.310 e. The molecule has 0 aliphatic heterocycles. The Morgan fingerprint density at radius 3 is 0.787 bits per heavy atom. The molecule has 0 amide bonds. The standard InChI is InChI=1S/C132H110N4/c1-84-34-29-31-48-121(84)135(98-43-25-17-26-44-98)103-60-68-107-88(78-103)52-64-111-112-65-53-89-79-104(61-69-108(89)126(112)132(125(107)111)119-72-56-93(129(8,9)10)82-115(119)116-83-94(130(11,12)13)57-73-120(116)132)136(99-45-27-18-28-46-99)122-49-32-30-36-90(122)74-85-35-33-47-100(75-85)134(97-41-23-16-24-42-97)102-59-67-106-87(77-102)51-63-110-109-62-50-86-76-101(133(95-37-19-14-20-38-95)96-39-21-15-22-40-96)58-66-105(86)123(109)131(124(106)110)117-70-54-91(127(2,3)4)80-113(117)114-81-92(128(5,6)7)55-71-118(114)131/h14-73,75-83H,74H2,1-13H3. The first kappa shape index (κ1) is 83.7. The van der Waals surface area contributed by atoms with Crippen LogP contribution < -0.4 is 19.6 Å². The van der Waals surface area contributed by atoms with Crippen molar-refractivity contribution >= 4 is 111 Å². The SMILES string of the molecule is Cc1ccccc1N(c1ccccc1)c1ccc2c3c(ccc2c1)-c1ccc2cc(N(c4ccccc4)c4ccccc4Cc4cccc(N(c5ccccc5)c5ccc6c7c(ccc6c5)-c5ccc6cc(N(c8ccccc8)c8ccccc8)ccc6c5C75c6ccc(C(C)(C)C)cc6-c6cc(C(C)(C)C)ccc65)c4)ccc2c1C31c2ccc(C(C)(C)C)cc2-c2cc(C(C)(C)C)ccc21. The third-order valence-corrected chi connectivity index (χ3v) is 30.1. The van der Waals surface area contributed by atoms with Gasteiger partial charge in [-0.25, -0.2) is 0 Å². The minimum absolute atomic E-state index is 0.0802. The number of hydrogen-bond acceptors (Lipinski definition) is 4.